The summed E-state index contributed by atoms with van der Waals surface area (Å²) < 4.78 is 11.4. The molecule has 0 atom stereocenters. The Morgan fingerprint density at radius 2 is 2.16 bits per heavy atom. The van der Waals surface area contributed by atoms with Crippen LogP contribution in [0.25, 0.3) is 11.1 Å². The van der Waals surface area contributed by atoms with Crippen molar-refractivity contribution in [2.24, 2.45) is 5.92 Å². The van der Waals surface area contributed by atoms with Crippen molar-refractivity contribution in [3.05, 3.63) is 34.3 Å². The molecule has 0 saturated carbocycles. The summed E-state index contributed by atoms with van der Waals surface area (Å²) in [6, 6.07) is 4.89. The standard InChI is InChI=1S/C14H17NO4/c1-9(2)6-7-15-11-5-4-10(13(16)18-3)8-12(11)19-14(15)17/h4-5,8-9H,6-7H2,1-3H3. The van der Waals surface area contributed by atoms with Gasteiger partial charge in [-0.3, -0.25) is 4.57 Å². The summed E-state index contributed by atoms with van der Waals surface area (Å²) in [5.74, 6) is -0.330. The number of carbonyl (C=O) groups excluding carboxylic acids is 1. The maximum Gasteiger partial charge on any atom is 0.419 e. The second-order valence-corrected chi connectivity index (χ2v) is 4.88. The van der Waals surface area contributed by atoms with Gasteiger partial charge in [0.15, 0.2) is 5.58 Å². The minimum Gasteiger partial charge on any atom is -0.465 e. The molecule has 0 N–H and O–H groups in total. The van der Waals surface area contributed by atoms with Crippen molar-refractivity contribution in [1.82, 2.24) is 4.57 Å². The minimum atomic E-state index is -0.445. The molecule has 0 fully saturated rings. The molecule has 102 valence electrons. The lowest BCUT2D eigenvalue weighted by Gasteiger charge is -2.05. The van der Waals surface area contributed by atoms with Crippen molar-refractivity contribution in [2.45, 2.75) is 26.8 Å². The normalized spacial score (nSPS) is 11.2. The fourth-order valence-electron chi connectivity index (χ4n) is 1.91. The SMILES string of the molecule is COC(=O)c1ccc2c(c1)oc(=O)n2CCC(C)C. The smallest absolute Gasteiger partial charge is 0.419 e. The predicted octanol–water partition coefficient (Wildman–Crippen LogP) is 2.43. The molecule has 0 aliphatic heterocycles. The van der Waals surface area contributed by atoms with Gasteiger partial charge in [-0.2, -0.15) is 0 Å². The molecule has 0 bridgehead atoms. The van der Waals surface area contributed by atoms with Gasteiger partial charge < -0.3 is 9.15 Å². The Kier molecular flexibility index (Phi) is 3.74. The molecule has 1 aromatic heterocycles. The third-order valence-corrected chi connectivity index (χ3v) is 3.02. The highest BCUT2D eigenvalue weighted by Gasteiger charge is 2.13. The molecular formula is C14H17NO4. The summed E-state index contributed by atoms with van der Waals surface area (Å²) in [4.78, 5) is 23.2. The predicted molar refractivity (Wildman–Crippen MR) is 71.3 cm³/mol. The first kappa shape index (κ1) is 13.4. The lowest BCUT2D eigenvalue weighted by atomic mass is 10.1. The Morgan fingerprint density at radius 1 is 1.42 bits per heavy atom. The molecule has 5 heteroatoms. The van der Waals surface area contributed by atoms with Crippen molar-refractivity contribution >= 4 is 17.1 Å². The van der Waals surface area contributed by atoms with Gasteiger partial charge >= 0.3 is 11.7 Å². The van der Waals surface area contributed by atoms with Crippen molar-refractivity contribution in [2.75, 3.05) is 7.11 Å². The number of aromatic nitrogens is 1. The fourth-order valence-corrected chi connectivity index (χ4v) is 1.91. The number of nitrogens with zero attached hydrogens (tertiary/aromatic N) is 1. The van der Waals surface area contributed by atoms with E-state index in [2.05, 4.69) is 18.6 Å². The average molecular weight is 263 g/mol. The maximum absolute atomic E-state index is 11.8. The van der Waals surface area contributed by atoms with Gasteiger partial charge in [-0.25, -0.2) is 9.59 Å². The maximum atomic E-state index is 11.8. The third kappa shape index (κ3) is 2.70. The Hall–Kier alpha value is -2.04. The number of aryl methyl sites for hydroxylation is 1. The summed E-state index contributed by atoms with van der Waals surface area (Å²) >= 11 is 0. The van der Waals surface area contributed by atoms with Crippen LogP contribution < -0.4 is 5.76 Å². The van der Waals surface area contributed by atoms with Gasteiger partial charge in [-0.15, -0.1) is 0 Å². The first-order chi connectivity index (χ1) is 9.02. The van der Waals surface area contributed by atoms with E-state index in [4.69, 9.17) is 4.42 Å². The first-order valence-corrected chi connectivity index (χ1v) is 6.24. The zero-order valence-electron chi connectivity index (χ0n) is 11.3. The molecule has 2 rings (SSSR count). The second kappa shape index (κ2) is 5.30. The van der Waals surface area contributed by atoms with E-state index < -0.39 is 11.7 Å². The van der Waals surface area contributed by atoms with Gasteiger partial charge in [0.1, 0.15) is 0 Å². The molecule has 0 aliphatic rings. The third-order valence-electron chi connectivity index (χ3n) is 3.02. The van der Waals surface area contributed by atoms with Crippen molar-refractivity contribution < 1.29 is 13.9 Å². The van der Waals surface area contributed by atoms with Crippen LogP contribution in [-0.4, -0.2) is 17.6 Å². The fraction of sp³-hybridized carbons (Fsp3) is 0.429. The monoisotopic (exact) mass is 263 g/mol. The highest BCUT2D eigenvalue weighted by Crippen LogP contribution is 2.17. The zero-order chi connectivity index (χ0) is 14.0. The number of fused-ring (bicyclic) bond motifs is 1. The first-order valence-electron chi connectivity index (χ1n) is 6.24. The largest absolute Gasteiger partial charge is 0.465 e. The topological polar surface area (TPSA) is 61.4 Å². The summed E-state index contributed by atoms with van der Waals surface area (Å²) in [5, 5.41) is 0. The van der Waals surface area contributed by atoms with Crippen LogP contribution in [0.2, 0.25) is 0 Å². The van der Waals surface area contributed by atoms with Crippen LogP contribution in [0, 0.1) is 5.92 Å². The summed E-state index contributed by atoms with van der Waals surface area (Å²) in [6.45, 7) is 4.81. The summed E-state index contributed by atoms with van der Waals surface area (Å²) in [6.07, 6.45) is 0.896. The summed E-state index contributed by atoms with van der Waals surface area (Å²) in [7, 11) is 1.32. The van der Waals surface area contributed by atoms with Gasteiger partial charge in [0.25, 0.3) is 0 Å². The van der Waals surface area contributed by atoms with Crippen LogP contribution >= 0.6 is 0 Å². The van der Waals surface area contributed by atoms with Crippen LogP contribution in [0.4, 0.5) is 0 Å². The van der Waals surface area contributed by atoms with Gasteiger partial charge in [0.2, 0.25) is 0 Å². The van der Waals surface area contributed by atoms with Crippen LogP contribution in [-0.2, 0) is 11.3 Å². The lowest BCUT2D eigenvalue weighted by Crippen LogP contribution is -2.15. The van der Waals surface area contributed by atoms with Gasteiger partial charge in [-0.05, 0) is 30.5 Å². The van der Waals surface area contributed by atoms with Gasteiger partial charge in [0.05, 0.1) is 18.2 Å². The highest BCUT2D eigenvalue weighted by atomic mass is 16.5. The number of oxazole rings is 1. The highest BCUT2D eigenvalue weighted by molar-refractivity contribution is 5.93. The number of hydrogen-bond acceptors (Lipinski definition) is 4. The number of hydrogen-bond donors (Lipinski definition) is 0. The molecule has 0 amide bonds. The molecular weight excluding hydrogens is 246 g/mol. The molecule has 2 aromatic rings. The quantitative estimate of drug-likeness (QED) is 0.795. The van der Waals surface area contributed by atoms with Crippen LogP contribution in [0.3, 0.4) is 0 Å². The van der Waals surface area contributed by atoms with E-state index in [0.717, 1.165) is 6.42 Å². The second-order valence-electron chi connectivity index (χ2n) is 4.88. The van der Waals surface area contributed by atoms with Crippen molar-refractivity contribution in [3.8, 4) is 0 Å². The lowest BCUT2D eigenvalue weighted by molar-refractivity contribution is 0.0601. The minimum absolute atomic E-state index is 0.375. The van der Waals surface area contributed by atoms with Gasteiger partial charge in [0, 0.05) is 6.54 Å². The Morgan fingerprint density at radius 3 is 2.79 bits per heavy atom. The molecule has 1 aromatic carbocycles. The summed E-state index contributed by atoms with van der Waals surface area (Å²) in [5.41, 5.74) is 1.50. The molecule has 19 heavy (non-hydrogen) atoms. The van der Waals surface area contributed by atoms with Crippen molar-refractivity contribution in [3.63, 3.8) is 0 Å². The van der Waals surface area contributed by atoms with E-state index in [9.17, 15) is 9.59 Å². The molecule has 0 spiro atoms. The van der Waals surface area contributed by atoms with Crippen LogP contribution in [0.1, 0.15) is 30.6 Å². The van der Waals surface area contributed by atoms with E-state index in [1.807, 2.05) is 0 Å². The van der Waals surface area contributed by atoms with Crippen molar-refractivity contribution in [1.29, 1.82) is 0 Å². The number of methoxy groups -OCH3 is 1. The van der Waals surface area contributed by atoms with Crippen LogP contribution in [0.5, 0.6) is 0 Å². The number of esters is 1. The molecule has 5 nitrogen and oxygen atoms in total. The molecule has 0 saturated heterocycles. The number of benzene rings is 1. The van der Waals surface area contributed by atoms with E-state index in [1.54, 1.807) is 16.7 Å². The number of rotatable bonds is 4. The molecule has 0 aliphatic carbocycles. The Bertz CT molecular complexity index is 651. The average Bonchev–Trinajstić information content (AvgIpc) is 2.69. The van der Waals surface area contributed by atoms with Crippen LogP contribution in [0.15, 0.2) is 27.4 Å². The van der Waals surface area contributed by atoms with E-state index in [1.165, 1.54) is 13.2 Å². The van der Waals surface area contributed by atoms with E-state index in [0.29, 0.717) is 29.1 Å². The van der Waals surface area contributed by atoms with E-state index in [-0.39, 0.29) is 0 Å². The Balaban J connectivity index is 2.42. The number of carbonyl (C=O) groups is 1. The Labute approximate surface area is 110 Å². The zero-order valence-corrected chi connectivity index (χ0v) is 11.3. The number of ether oxygens (including phenoxy) is 1. The molecule has 1 heterocycles. The molecule has 0 unspecified atom stereocenters. The van der Waals surface area contributed by atoms with Gasteiger partial charge in [-0.1, -0.05) is 13.8 Å². The molecule has 0 radical (unpaired) electrons. The van der Waals surface area contributed by atoms with E-state index >= 15 is 0 Å².